The van der Waals surface area contributed by atoms with Gasteiger partial charge in [0.1, 0.15) is 11.5 Å². The predicted octanol–water partition coefficient (Wildman–Crippen LogP) is 3.07. The molecule has 0 radical (unpaired) electrons. The third-order valence-electron chi connectivity index (χ3n) is 3.16. The number of carbonyl (C=O) groups is 1. The SMILES string of the molecule is CC(C)n1cc(N)cc1C(=O)N(C)c1ccc(F)cc1. The van der Waals surface area contributed by atoms with Crippen LogP contribution in [-0.2, 0) is 0 Å². The molecule has 0 atom stereocenters. The summed E-state index contributed by atoms with van der Waals surface area (Å²) >= 11 is 0. The van der Waals surface area contributed by atoms with E-state index in [9.17, 15) is 9.18 Å². The fourth-order valence-electron chi connectivity index (χ4n) is 2.05. The highest BCUT2D eigenvalue weighted by Gasteiger charge is 2.19. The highest BCUT2D eigenvalue weighted by molar-refractivity contribution is 6.05. The summed E-state index contributed by atoms with van der Waals surface area (Å²) in [4.78, 5) is 14.0. The number of halogens is 1. The van der Waals surface area contributed by atoms with E-state index in [1.807, 2.05) is 18.4 Å². The van der Waals surface area contributed by atoms with Gasteiger partial charge in [-0.25, -0.2) is 4.39 Å². The van der Waals surface area contributed by atoms with Gasteiger partial charge in [-0.2, -0.15) is 0 Å². The number of rotatable bonds is 3. The second-order valence-corrected chi connectivity index (χ2v) is 5.00. The molecule has 0 aliphatic carbocycles. The molecule has 2 aromatic rings. The Morgan fingerprint density at radius 1 is 1.30 bits per heavy atom. The van der Waals surface area contributed by atoms with Gasteiger partial charge in [0.25, 0.3) is 5.91 Å². The Morgan fingerprint density at radius 3 is 2.45 bits per heavy atom. The second-order valence-electron chi connectivity index (χ2n) is 5.00. The van der Waals surface area contributed by atoms with E-state index < -0.39 is 0 Å². The van der Waals surface area contributed by atoms with Gasteiger partial charge in [0.15, 0.2) is 0 Å². The van der Waals surface area contributed by atoms with Crippen molar-refractivity contribution in [3.05, 3.63) is 48.0 Å². The van der Waals surface area contributed by atoms with Crippen molar-refractivity contribution in [2.45, 2.75) is 19.9 Å². The minimum atomic E-state index is -0.329. The molecule has 0 saturated carbocycles. The first-order chi connectivity index (χ1) is 9.40. The quantitative estimate of drug-likeness (QED) is 0.936. The van der Waals surface area contributed by atoms with Crippen LogP contribution in [-0.4, -0.2) is 17.5 Å². The summed E-state index contributed by atoms with van der Waals surface area (Å²) in [6, 6.07) is 7.58. The number of aromatic nitrogens is 1. The van der Waals surface area contributed by atoms with Crippen molar-refractivity contribution < 1.29 is 9.18 Å². The van der Waals surface area contributed by atoms with E-state index in [0.717, 1.165) is 0 Å². The normalized spacial score (nSPS) is 10.8. The number of carbonyl (C=O) groups excluding carboxylic acids is 1. The maximum atomic E-state index is 12.9. The van der Waals surface area contributed by atoms with Crippen molar-refractivity contribution in [1.82, 2.24) is 4.57 Å². The lowest BCUT2D eigenvalue weighted by molar-refractivity contribution is 0.0982. The summed E-state index contributed by atoms with van der Waals surface area (Å²) in [6.45, 7) is 3.96. The molecule has 1 heterocycles. The fraction of sp³-hybridized carbons (Fsp3) is 0.267. The van der Waals surface area contributed by atoms with E-state index in [4.69, 9.17) is 5.73 Å². The molecule has 5 heteroatoms. The molecule has 20 heavy (non-hydrogen) atoms. The first-order valence-corrected chi connectivity index (χ1v) is 6.41. The maximum Gasteiger partial charge on any atom is 0.274 e. The second kappa shape index (κ2) is 5.36. The fourth-order valence-corrected chi connectivity index (χ4v) is 2.05. The Balaban J connectivity index is 2.33. The maximum absolute atomic E-state index is 12.9. The number of hydrogen-bond donors (Lipinski definition) is 1. The minimum absolute atomic E-state index is 0.132. The van der Waals surface area contributed by atoms with E-state index in [0.29, 0.717) is 17.1 Å². The molecule has 0 saturated heterocycles. The van der Waals surface area contributed by atoms with Crippen LogP contribution in [0.4, 0.5) is 15.8 Å². The van der Waals surface area contributed by atoms with Crippen LogP contribution in [0.1, 0.15) is 30.4 Å². The predicted molar refractivity (Wildman–Crippen MR) is 78.4 cm³/mol. The van der Waals surface area contributed by atoms with Crippen LogP contribution in [0.15, 0.2) is 36.5 Å². The Labute approximate surface area is 117 Å². The molecule has 1 amide bonds. The molecular weight excluding hydrogens is 257 g/mol. The van der Waals surface area contributed by atoms with E-state index >= 15 is 0 Å². The topological polar surface area (TPSA) is 51.3 Å². The number of nitrogen functional groups attached to an aromatic ring is 1. The standard InChI is InChI=1S/C15H18FN3O/c1-10(2)19-9-12(17)8-14(19)15(20)18(3)13-6-4-11(16)5-7-13/h4-10H,17H2,1-3H3. The molecule has 0 spiro atoms. The third kappa shape index (κ3) is 2.66. The van der Waals surface area contributed by atoms with Gasteiger partial charge in [-0.3, -0.25) is 4.79 Å². The number of anilines is 2. The Kier molecular flexibility index (Phi) is 3.79. The van der Waals surface area contributed by atoms with Crippen LogP contribution in [0.5, 0.6) is 0 Å². The Morgan fingerprint density at radius 2 is 1.90 bits per heavy atom. The molecule has 106 valence electrons. The molecule has 4 nitrogen and oxygen atoms in total. The van der Waals surface area contributed by atoms with E-state index in [1.54, 1.807) is 31.4 Å². The summed E-state index contributed by atoms with van der Waals surface area (Å²) in [7, 11) is 1.66. The molecule has 0 aliphatic heterocycles. The molecule has 2 rings (SSSR count). The van der Waals surface area contributed by atoms with Crippen LogP contribution < -0.4 is 10.6 Å². The van der Waals surface area contributed by atoms with Crippen LogP contribution in [0.2, 0.25) is 0 Å². The van der Waals surface area contributed by atoms with Crippen LogP contribution in [0.3, 0.4) is 0 Å². The Hall–Kier alpha value is -2.30. The minimum Gasteiger partial charge on any atom is -0.397 e. The lowest BCUT2D eigenvalue weighted by atomic mass is 10.2. The number of hydrogen-bond acceptors (Lipinski definition) is 2. The molecule has 1 aromatic heterocycles. The van der Waals surface area contributed by atoms with Gasteiger partial charge < -0.3 is 15.2 Å². The summed E-state index contributed by atoms with van der Waals surface area (Å²) < 4.78 is 14.8. The smallest absolute Gasteiger partial charge is 0.274 e. The van der Waals surface area contributed by atoms with Gasteiger partial charge in [-0.15, -0.1) is 0 Å². The zero-order valence-electron chi connectivity index (χ0n) is 11.8. The summed E-state index contributed by atoms with van der Waals surface area (Å²) in [5.41, 5.74) is 7.47. The molecule has 0 unspecified atom stereocenters. The average molecular weight is 275 g/mol. The first kappa shape index (κ1) is 14.1. The zero-order valence-corrected chi connectivity index (χ0v) is 11.8. The van der Waals surface area contributed by atoms with Crippen LogP contribution in [0, 0.1) is 5.82 Å². The number of nitrogens with two attached hydrogens (primary N) is 1. The highest BCUT2D eigenvalue weighted by Crippen LogP contribution is 2.21. The average Bonchev–Trinajstić information content (AvgIpc) is 2.80. The lowest BCUT2D eigenvalue weighted by Gasteiger charge is -2.19. The van der Waals surface area contributed by atoms with Gasteiger partial charge in [0.05, 0.1) is 5.69 Å². The van der Waals surface area contributed by atoms with Gasteiger partial charge in [-0.1, -0.05) is 0 Å². The summed E-state index contributed by atoms with van der Waals surface area (Å²) in [5, 5.41) is 0. The largest absolute Gasteiger partial charge is 0.397 e. The van der Waals surface area contributed by atoms with Crippen molar-refractivity contribution in [2.24, 2.45) is 0 Å². The van der Waals surface area contributed by atoms with Crippen molar-refractivity contribution in [2.75, 3.05) is 17.7 Å². The summed E-state index contributed by atoms with van der Waals surface area (Å²) in [6.07, 6.45) is 1.75. The van der Waals surface area contributed by atoms with Gasteiger partial charge in [0.2, 0.25) is 0 Å². The number of benzene rings is 1. The van der Waals surface area contributed by atoms with Gasteiger partial charge in [-0.05, 0) is 44.2 Å². The molecule has 0 bridgehead atoms. The molecule has 0 aliphatic rings. The molecular formula is C15H18FN3O. The third-order valence-corrected chi connectivity index (χ3v) is 3.16. The van der Waals surface area contributed by atoms with Crippen LogP contribution in [0.25, 0.3) is 0 Å². The van der Waals surface area contributed by atoms with Crippen molar-refractivity contribution in [3.8, 4) is 0 Å². The first-order valence-electron chi connectivity index (χ1n) is 6.41. The number of amides is 1. The lowest BCUT2D eigenvalue weighted by Crippen LogP contribution is -2.28. The highest BCUT2D eigenvalue weighted by atomic mass is 19.1. The van der Waals surface area contributed by atoms with Gasteiger partial charge in [0, 0.05) is 25.0 Å². The van der Waals surface area contributed by atoms with E-state index in [1.165, 1.54) is 17.0 Å². The van der Waals surface area contributed by atoms with E-state index in [-0.39, 0.29) is 17.8 Å². The zero-order chi connectivity index (χ0) is 14.9. The van der Waals surface area contributed by atoms with Crippen LogP contribution >= 0.6 is 0 Å². The Bertz CT molecular complexity index is 617. The summed E-state index contributed by atoms with van der Waals surface area (Å²) in [5.74, 6) is -0.508. The monoisotopic (exact) mass is 275 g/mol. The molecule has 0 fully saturated rings. The van der Waals surface area contributed by atoms with E-state index in [2.05, 4.69) is 0 Å². The molecule has 1 aromatic carbocycles. The van der Waals surface area contributed by atoms with Crippen molar-refractivity contribution in [1.29, 1.82) is 0 Å². The number of nitrogens with zero attached hydrogens (tertiary/aromatic N) is 2. The van der Waals surface area contributed by atoms with Crippen molar-refractivity contribution in [3.63, 3.8) is 0 Å². The van der Waals surface area contributed by atoms with Gasteiger partial charge >= 0.3 is 0 Å². The molecule has 2 N–H and O–H groups in total. The van der Waals surface area contributed by atoms with Crippen molar-refractivity contribution >= 4 is 17.3 Å².